The Balaban J connectivity index is 1.67. The quantitative estimate of drug-likeness (QED) is 0.403. The molecule has 29 heavy (non-hydrogen) atoms. The first-order valence-corrected chi connectivity index (χ1v) is 10.3. The van der Waals surface area contributed by atoms with Crippen molar-refractivity contribution < 1.29 is 9.53 Å². The molecule has 3 aromatic rings. The van der Waals surface area contributed by atoms with E-state index in [0.717, 1.165) is 11.4 Å². The summed E-state index contributed by atoms with van der Waals surface area (Å²) in [6.45, 7) is 4.37. The maximum Gasteiger partial charge on any atom is 0.234 e. The zero-order chi connectivity index (χ0) is 20.6. The summed E-state index contributed by atoms with van der Waals surface area (Å²) in [5.74, 6) is 1.48. The van der Waals surface area contributed by atoms with Crippen LogP contribution in [-0.2, 0) is 17.8 Å². The number of thioether (sulfide) groups is 1. The van der Waals surface area contributed by atoms with Crippen molar-refractivity contribution in [1.82, 2.24) is 14.8 Å². The molecule has 1 heterocycles. The second kappa shape index (κ2) is 10.1. The lowest BCUT2D eigenvalue weighted by atomic mass is 10.1. The summed E-state index contributed by atoms with van der Waals surface area (Å²) in [6, 6.07) is 14.9. The zero-order valence-corrected chi connectivity index (χ0v) is 17.5. The Kier molecular flexibility index (Phi) is 7.32. The van der Waals surface area contributed by atoms with Gasteiger partial charge in [0.05, 0.1) is 18.6 Å². The smallest absolute Gasteiger partial charge is 0.234 e. The van der Waals surface area contributed by atoms with Gasteiger partial charge in [0, 0.05) is 18.0 Å². The monoisotopic (exact) mass is 428 g/mol. The average Bonchev–Trinajstić information content (AvgIpc) is 3.10. The van der Waals surface area contributed by atoms with Gasteiger partial charge in [-0.15, -0.1) is 16.8 Å². The number of benzene rings is 2. The number of carbonyl (C=O) groups is 1. The summed E-state index contributed by atoms with van der Waals surface area (Å²) < 4.78 is 7.22. The fourth-order valence-corrected chi connectivity index (χ4v) is 3.61. The molecule has 1 aromatic heterocycles. The minimum absolute atomic E-state index is 0.146. The van der Waals surface area contributed by atoms with Gasteiger partial charge < -0.3 is 14.6 Å². The lowest BCUT2D eigenvalue weighted by molar-refractivity contribution is -0.113. The molecule has 0 spiro atoms. The van der Waals surface area contributed by atoms with Gasteiger partial charge in [-0.3, -0.25) is 4.79 Å². The number of carbonyl (C=O) groups excluding carboxylic acids is 1. The van der Waals surface area contributed by atoms with E-state index in [-0.39, 0.29) is 11.7 Å². The molecule has 0 unspecified atom stereocenters. The van der Waals surface area contributed by atoms with Crippen LogP contribution in [0.2, 0.25) is 5.02 Å². The molecule has 6 nitrogen and oxygen atoms in total. The highest BCUT2D eigenvalue weighted by Crippen LogP contribution is 2.24. The van der Waals surface area contributed by atoms with E-state index in [4.69, 9.17) is 16.3 Å². The molecule has 0 aliphatic rings. The molecule has 1 N–H and O–H groups in total. The minimum Gasteiger partial charge on any atom is -0.495 e. The number of rotatable bonds is 9. The van der Waals surface area contributed by atoms with Gasteiger partial charge >= 0.3 is 0 Å². The lowest BCUT2D eigenvalue weighted by Gasteiger charge is -2.10. The lowest BCUT2D eigenvalue weighted by Crippen LogP contribution is -2.15. The largest absolute Gasteiger partial charge is 0.495 e. The molecule has 0 atom stereocenters. The average molecular weight is 429 g/mol. The standard InChI is InChI=1S/C21H21ClN4O2S/c1-3-12-26-19(13-15-8-10-16(22)11-9-15)24-25-21(26)29-14-20(27)23-17-6-4-5-7-18(17)28-2/h3-11H,1,12-14H2,2H3,(H,23,27). The number of nitrogens with one attached hydrogen (secondary N) is 1. The van der Waals surface area contributed by atoms with E-state index in [1.54, 1.807) is 25.3 Å². The van der Waals surface area contributed by atoms with E-state index >= 15 is 0 Å². The Bertz CT molecular complexity index is 989. The molecule has 0 fully saturated rings. The van der Waals surface area contributed by atoms with Gasteiger partial charge in [-0.2, -0.15) is 0 Å². The van der Waals surface area contributed by atoms with Crippen LogP contribution in [-0.4, -0.2) is 33.5 Å². The van der Waals surface area contributed by atoms with E-state index in [1.807, 2.05) is 41.0 Å². The SMILES string of the molecule is C=CCn1c(Cc2ccc(Cl)cc2)nnc1SCC(=O)Nc1ccccc1OC. The van der Waals surface area contributed by atoms with Crippen LogP contribution in [0.1, 0.15) is 11.4 Å². The number of nitrogens with zero attached hydrogens (tertiary/aromatic N) is 3. The summed E-state index contributed by atoms with van der Waals surface area (Å²) in [5.41, 5.74) is 1.72. The Labute approximate surface area is 178 Å². The van der Waals surface area contributed by atoms with Crippen LogP contribution in [0.15, 0.2) is 66.3 Å². The number of hydrogen-bond donors (Lipinski definition) is 1. The summed E-state index contributed by atoms with van der Waals surface area (Å²) in [5, 5.41) is 12.8. The molecule has 0 saturated heterocycles. The van der Waals surface area contributed by atoms with Gasteiger partial charge in [-0.25, -0.2) is 0 Å². The molecule has 0 aliphatic carbocycles. The highest BCUT2D eigenvalue weighted by molar-refractivity contribution is 7.99. The Morgan fingerprint density at radius 2 is 2.00 bits per heavy atom. The van der Waals surface area contributed by atoms with Crippen molar-refractivity contribution in [1.29, 1.82) is 0 Å². The summed E-state index contributed by atoms with van der Waals surface area (Å²) in [6.07, 6.45) is 2.40. The van der Waals surface area contributed by atoms with Crippen molar-refractivity contribution in [2.45, 2.75) is 18.1 Å². The predicted octanol–water partition coefficient (Wildman–Crippen LogP) is 4.45. The van der Waals surface area contributed by atoms with Crippen molar-refractivity contribution >= 4 is 35.0 Å². The van der Waals surface area contributed by atoms with Gasteiger partial charge in [0.15, 0.2) is 5.16 Å². The number of allylic oxidation sites excluding steroid dienone is 1. The number of aromatic nitrogens is 3. The minimum atomic E-state index is -0.146. The summed E-state index contributed by atoms with van der Waals surface area (Å²) in [4.78, 5) is 12.4. The van der Waals surface area contributed by atoms with E-state index in [1.165, 1.54) is 11.8 Å². The molecule has 0 aliphatic heterocycles. The zero-order valence-electron chi connectivity index (χ0n) is 16.0. The van der Waals surface area contributed by atoms with Crippen LogP contribution in [0.3, 0.4) is 0 Å². The van der Waals surface area contributed by atoms with Crippen LogP contribution in [0.4, 0.5) is 5.69 Å². The number of anilines is 1. The molecule has 150 valence electrons. The number of methoxy groups -OCH3 is 1. The van der Waals surface area contributed by atoms with Crippen LogP contribution >= 0.6 is 23.4 Å². The van der Waals surface area contributed by atoms with Gasteiger partial charge in [0.1, 0.15) is 11.6 Å². The Morgan fingerprint density at radius 3 is 2.72 bits per heavy atom. The first-order valence-electron chi connectivity index (χ1n) is 8.93. The van der Waals surface area contributed by atoms with E-state index in [0.29, 0.717) is 34.6 Å². The van der Waals surface area contributed by atoms with Crippen LogP contribution in [0.25, 0.3) is 0 Å². The summed E-state index contributed by atoms with van der Waals surface area (Å²) in [7, 11) is 1.57. The Hall–Kier alpha value is -2.77. The van der Waals surface area contributed by atoms with Crippen LogP contribution in [0, 0.1) is 0 Å². The first kappa shape index (κ1) is 21.0. The maximum absolute atomic E-state index is 12.4. The molecule has 3 rings (SSSR count). The molecule has 1 amide bonds. The molecular weight excluding hydrogens is 408 g/mol. The fraction of sp³-hybridized carbons (Fsp3) is 0.190. The number of amides is 1. The first-order chi connectivity index (χ1) is 14.1. The van der Waals surface area contributed by atoms with Crippen molar-refractivity contribution in [3.63, 3.8) is 0 Å². The van der Waals surface area contributed by atoms with Crippen LogP contribution < -0.4 is 10.1 Å². The third-order valence-electron chi connectivity index (χ3n) is 4.09. The molecular formula is C21H21ClN4O2S. The van der Waals surface area contributed by atoms with Crippen molar-refractivity contribution in [3.8, 4) is 5.75 Å². The Morgan fingerprint density at radius 1 is 1.24 bits per heavy atom. The molecule has 2 aromatic carbocycles. The highest BCUT2D eigenvalue weighted by Gasteiger charge is 2.15. The number of para-hydroxylation sites is 2. The summed E-state index contributed by atoms with van der Waals surface area (Å²) >= 11 is 7.28. The second-order valence-electron chi connectivity index (χ2n) is 6.14. The number of ether oxygens (including phenoxy) is 1. The topological polar surface area (TPSA) is 69.0 Å². The highest BCUT2D eigenvalue weighted by atomic mass is 35.5. The van der Waals surface area contributed by atoms with Crippen molar-refractivity contribution in [3.05, 3.63) is 77.6 Å². The maximum atomic E-state index is 12.4. The third kappa shape index (κ3) is 5.62. The number of halogens is 1. The van der Waals surface area contributed by atoms with Crippen LogP contribution in [0.5, 0.6) is 5.75 Å². The normalized spacial score (nSPS) is 10.6. The molecule has 0 saturated carbocycles. The van der Waals surface area contributed by atoms with E-state index < -0.39 is 0 Å². The van der Waals surface area contributed by atoms with Gasteiger partial charge in [-0.1, -0.05) is 53.7 Å². The molecule has 0 bridgehead atoms. The van der Waals surface area contributed by atoms with E-state index in [9.17, 15) is 4.79 Å². The molecule has 0 radical (unpaired) electrons. The van der Waals surface area contributed by atoms with E-state index in [2.05, 4.69) is 22.1 Å². The third-order valence-corrected chi connectivity index (χ3v) is 5.31. The fourth-order valence-electron chi connectivity index (χ4n) is 2.72. The van der Waals surface area contributed by atoms with Gasteiger partial charge in [-0.05, 0) is 29.8 Å². The predicted molar refractivity (Wildman–Crippen MR) is 117 cm³/mol. The van der Waals surface area contributed by atoms with Gasteiger partial charge in [0.2, 0.25) is 5.91 Å². The van der Waals surface area contributed by atoms with Gasteiger partial charge in [0.25, 0.3) is 0 Å². The van der Waals surface area contributed by atoms with Crippen molar-refractivity contribution in [2.24, 2.45) is 0 Å². The molecule has 8 heteroatoms. The number of hydrogen-bond acceptors (Lipinski definition) is 5. The second-order valence-corrected chi connectivity index (χ2v) is 7.52. The van der Waals surface area contributed by atoms with Crippen molar-refractivity contribution in [2.75, 3.05) is 18.2 Å².